The largest absolute Gasteiger partial charge is 0.356 e. The van der Waals surface area contributed by atoms with Gasteiger partial charge in [-0.15, -0.1) is 0 Å². The van der Waals surface area contributed by atoms with Gasteiger partial charge in [-0.1, -0.05) is 48.5 Å². The monoisotopic (exact) mass is 453 g/mol. The highest BCUT2D eigenvalue weighted by Gasteiger charge is 2.50. The number of piperidine rings is 1. The molecule has 2 aromatic carbocycles. The number of aryl methyl sites for hydroxylation is 1. The maximum atomic E-state index is 13.1. The van der Waals surface area contributed by atoms with Crippen molar-refractivity contribution in [2.75, 3.05) is 29.6 Å². The van der Waals surface area contributed by atoms with Crippen molar-refractivity contribution in [2.24, 2.45) is 0 Å². The van der Waals surface area contributed by atoms with Gasteiger partial charge in [0.05, 0.1) is 6.67 Å². The molecule has 1 amide bonds. The lowest BCUT2D eigenvalue weighted by molar-refractivity contribution is -0.124. The normalized spacial score (nSPS) is 17.5. The first-order chi connectivity index (χ1) is 16.7. The molecule has 0 bridgehead atoms. The van der Waals surface area contributed by atoms with Crippen LogP contribution in [0, 0.1) is 6.92 Å². The number of amides is 1. The summed E-state index contributed by atoms with van der Waals surface area (Å²) in [4.78, 5) is 26.8. The first kappa shape index (κ1) is 20.7. The summed E-state index contributed by atoms with van der Waals surface area (Å²) >= 11 is 0. The van der Waals surface area contributed by atoms with Crippen molar-refractivity contribution in [3.8, 4) is 0 Å². The smallest absolute Gasteiger partial charge is 0.254 e. The first-order valence-electron chi connectivity index (χ1n) is 11.7. The van der Waals surface area contributed by atoms with Crippen molar-refractivity contribution >= 4 is 23.2 Å². The Morgan fingerprint density at radius 2 is 1.71 bits per heavy atom. The Kier molecular flexibility index (Phi) is 4.94. The molecule has 2 fully saturated rings. The van der Waals surface area contributed by atoms with Crippen LogP contribution in [0.25, 0.3) is 5.78 Å². The number of anilines is 2. The van der Waals surface area contributed by atoms with E-state index >= 15 is 0 Å². The van der Waals surface area contributed by atoms with Crippen LogP contribution < -0.4 is 15.1 Å². The molecule has 2 aromatic heterocycles. The molecular formula is C26H27N7O. The van der Waals surface area contributed by atoms with Gasteiger partial charge in [-0.05, 0) is 37.5 Å². The minimum Gasteiger partial charge on any atom is -0.356 e. The van der Waals surface area contributed by atoms with Crippen LogP contribution in [0.3, 0.4) is 0 Å². The van der Waals surface area contributed by atoms with Gasteiger partial charge in [0.2, 0.25) is 5.91 Å². The van der Waals surface area contributed by atoms with Gasteiger partial charge in [-0.25, -0.2) is 4.98 Å². The molecule has 0 aliphatic carbocycles. The molecular weight excluding hydrogens is 426 g/mol. The Morgan fingerprint density at radius 3 is 2.44 bits per heavy atom. The van der Waals surface area contributed by atoms with Gasteiger partial charge in [0.25, 0.3) is 5.78 Å². The number of carbonyl (C=O) groups is 1. The van der Waals surface area contributed by atoms with E-state index in [0.29, 0.717) is 12.4 Å². The maximum Gasteiger partial charge on any atom is 0.254 e. The van der Waals surface area contributed by atoms with E-state index in [2.05, 4.69) is 61.6 Å². The summed E-state index contributed by atoms with van der Waals surface area (Å²) in [5, 5.41) is 7.61. The molecule has 1 spiro atoms. The molecule has 8 heteroatoms. The Bertz CT molecular complexity index is 1330. The van der Waals surface area contributed by atoms with Crippen molar-refractivity contribution < 1.29 is 4.79 Å². The van der Waals surface area contributed by atoms with Crippen LogP contribution in [0.4, 0.5) is 11.5 Å². The second-order valence-electron chi connectivity index (χ2n) is 9.08. The summed E-state index contributed by atoms with van der Waals surface area (Å²) in [6, 6.07) is 20.7. The molecule has 172 valence electrons. The standard InChI is InChI=1S/C26H27N7O/c1-19-22(16-20-8-4-2-5-9-20)23(33-25(30-19)27-17-29-33)31-14-12-26(13-15-31)24(34)28-18-32(26)21-10-6-3-7-11-21/h2-11,17H,12-16,18H2,1H3,(H,28,34). The van der Waals surface area contributed by atoms with E-state index in [1.54, 1.807) is 6.33 Å². The number of hydrogen-bond acceptors (Lipinski definition) is 6. The van der Waals surface area contributed by atoms with E-state index in [0.717, 1.165) is 55.1 Å². The highest BCUT2D eigenvalue weighted by Crippen LogP contribution is 2.38. The zero-order chi connectivity index (χ0) is 23.1. The minimum absolute atomic E-state index is 0.123. The SMILES string of the molecule is Cc1nc2ncnn2c(N2CCC3(CC2)C(=O)NCN3c2ccccc2)c1Cc1ccccc1. The summed E-state index contributed by atoms with van der Waals surface area (Å²) in [5.74, 6) is 1.76. The van der Waals surface area contributed by atoms with Gasteiger partial charge < -0.3 is 15.1 Å². The van der Waals surface area contributed by atoms with Crippen LogP contribution in [0.15, 0.2) is 67.0 Å². The molecule has 4 aromatic rings. The predicted octanol–water partition coefficient (Wildman–Crippen LogP) is 2.96. The third kappa shape index (κ3) is 3.29. The van der Waals surface area contributed by atoms with E-state index in [1.807, 2.05) is 35.7 Å². The van der Waals surface area contributed by atoms with E-state index in [-0.39, 0.29) is 5.91 Å². The van der Waals surface area contributed by atoms with Crippen LogP contribution in [-0.4, -0.2) is 50.8 Å². The quantitative estimate of drug-likeness (QED) is 0.512. The summed E-state index contributed by atoms with van der Waals surface area (Å²) in [6.45, 7) is 4.08. The summed E-state index contributed by atoms with van der Waals surface area (Å²) < 4.78 is 1.85. The van der Waals surface area contributed by atoms with Gasteiger partial charge in [0.1, 0.15) is 17.7 Å². The van der Waals surface area contributed by atoms with Crippen LogP contribution >= 0.6 is 0 Å². The number of nitrogens with one attached hydrogen (secondary N) is 1. The van der Waals surface area contributed by atoms with Gasteiger partial charge in [-0.3, -0.25) is 4.79 Å². The zero-order valence-electron chi connectivity index (χ0n) is 19.2. The number of aromatic nitrogens is 4. The van der Waals surface area contributed by atoms with Gasteiger partial charge >= 0.3 is 0 Å². The lowest BCUT2D eigenvalue weighted by Gasteiger charge is -2.44. The van der Waals surface area contributed by atoms with Crippen molar-refractivity contribution in [1.82, 2.24) is 24.9 Å². The molecule has 2 aliphatic heterocycles. The fraction of sp³-hybridized carbons (Fsp3) is 0.308. The molecule has 1 N–H and O–H groups in total. The van der Waals surface area contributed by atoms with Crippen LogP contribution in [0.2, 0.25) is 0 Å². The molecule has 8 nitrogen and oxygen atoms in total. The average Bonchev–Trinajstić information content (AvgIpc) is 3.46. The van der Waals surface area contributed by atoms with Crippen molar-refractivity contribution in [3.05, 3.63) is 83.8 Å². The predicted molar refractivity (Wildman–Crippen MR) is 131 cm³/mol. The molecule has 6 rings (SSSR count). The summed E-state index contributed by atoms with van der Waals surface area (Å²) in [5.41, 5.74) is 3.89. The van der Waals surface area contributed by atoms with Crippen molar-refractivity contribution in [3.63, 3.8) is 0 Å². The van der Waals surface area contributed by atoms with Gasteiger partial charge in [-0.2, -0.15) is 14.6 Å². The number of para-hydroxylation sites is 1. The Morgan fingerprint density at radius 1 is 1.00 bits per heavy atom. The molecule has 4 heterocycles. The van der Waals surface area contributed by atoms with Crippen molar-refractivity contribution in [1.29, 1.82) is 0 Å². The summed E-state index contributed by atoms with van der Waals surface area (Å²) in [6.07, 6.45) is 3.79. The third-order valence-corrected chi connectivity index (χ3v) is 7.22. The first-order valence-corrected chi connectivity index (χ1v) is 11.7. The zero-order valence-corrected chi connectivity index (χ0v) is 19.2. The second kappa shape index (κ2) is 8.13. The third-order valence-electron chi connectivity index (χ3n) is 7.22. The van der Waals surface area contributed by atoms with Gasteiger partial charge in [0, 0.05) is 36.5 Å². The highest BCUT2D eigenvalue weighted by atomic mass is 16.2. The maximum absolute atomic E-state index is 13.1. The van der Waals surface area contributed by atoms with Crippen LogP contribution in [-0.2, 0) is 11.2 Å². The fourth-order valence-electron chi connectivity index (χ4n) is 5.42. The number of hydrogen-bond donors (Lipinski definition) is 1. The number of carbonyl (C=O) groups excluding carboxylic acids is 1. The number of rotatable bonds is 4. The molecule has 2 aliphatic rings. The number of benzene rings is 2. The highest BCUT2D eigenvalue weighted by molar-refractivity contribution is 5.93. The molecule has 0 atom stereocenters. The summed E-state index contributed by atoms with van der Waals surface area (Å²) in [7, 11) is 0. The second-order valence-corrected chi connectivity index (χ2v) is 9.08. The fourth-order valence-corrected chi connectivity index (χ4v) is 5.42. The average molecular weight is 454 g/mol. The molecule has 0 unspecified atom stereocenters. The topological polar surface area (TPSA) is 78.7 Å². The molecule has 2 saturated heterocycles. The number of fused-ring (bicyclic) bond motifs is 1. The van der Waals surface area contributed by atoms with E-state index in [9.17, 15) is 4.79 Å². The van der Waals surface area contributed by atoms with E-state index in [1.165, 1.54) is 5.56 Å². The Labute approximate surface area is 198 Å². The van der Waals surface area contributed by atoms with E-state index in [4.69, 9.17) is 4.98 Å². The lowest BCUT2D eigenvalue weighted by atomic mass is 9.85. The molecule has 0 radical (unpaired) electrons. The lowest BCUT2D eigenvalue weighted by Crippen LogP contribution is -2.56. The molecule has 34 heavy (non-hydrogen) atoms. The Balaban J connectivity index is 1.35. The van der Waals surface area contributed by atoms with E-state index < -0.39 is 5.54 Å². The van der Waals surface area contributed by atoms with Crippen molar-refractivity contribution in [2.45, 2.75) is 31.7 Å². The minimum atomic E-state index is -0.527. The number of nitrogens with zero attached hydrogens (tertiary/aromatic N) is 6. The van der Waals surface area contributed by atoms with Crippen LogP contribution in [0.1, 0.15) is 29.7 Å². The Hall–Kier alpha value is -3.94. The van der Waals surface area contributed by atoms with Gasteiger partial charge in [0.15, 0.2) is 0 Å². The molecule has 0 saturated carbocycles. The van der Waals surface area contributed by atoms with Crippen LogP contribution in [0.5, 0.6) is 0 Å².